The second kappa shape index (κ2) is 10.3. The fourth-order valence-electron chi connectivity index (χ4n) is 3.75. The number of benzene rings is 2. The molecule has 0 aliphatic carbocycles. The summed E-state index contributed by atoms with van der Waals surface area (Å²) < 4.78 is 54.7. The molecule has 1 aromatic heterocycles. The van der Waals surface area contributed by atoms with Crippen LogP contribution < -0.4 is 10.0 Å². The molecule has 1 saturated heterocycles. The van der Waals surface area contributed by atoms with Gasteiger partial charge in [0.05, 0.1) is 9.79 Å². The Balaban J connectivity index is 1.41. The first kappa shape index (κ1) is 25.7. The molecule has 0 radical (unpaired) electrons. The van der Waals surface area contributed by atoms with Crippen LogP contribution in [-0.4, -0.2) is 50.1 Å². The molecular formula is C24H27N5O5S2. The predicted octanol–water partition coefficient (Wildman–Crippen LogP) is 3.26. The highest BCUT2D eigenvalue weighted by Gasteiger charge is 2.28. The third-order valence-electron chi connectivity index (χ3n) is 5.94. The van der Waals surface area contributed by atoms with Gasteiger partial charge < -0.3 is 5.32 Å². The maximum Gasteiger partial charge on any atom is 0.264 e. The molecule has 190 valence electrons. The van der Waals surface area contributed by atoms with Crippen LogP contribution in [0, 0.1) is 12.8 Å². The van der Waals surface area contributed by atoms with Gasteiger partial charge in [0, 0.05) is 36.2 Å². The molecule has 36 heavy (non-hydrogen) atoms. The zero-order chi connectivity index (χ0) is 25.9. The third kappa shape index (κ3) is 5.89. The van der Waals surface area contributed by atoms with Crippen molar-refractivity contribution in [2.24, 2.45) is 5.92 Å². The summed E-state index contributed by atoms with van der Waals surface area (Å²) in [7, 11) is -7.51. The highest BCUT2D eigenvalue weighted by Crippen LogP contribution is 2.24. The van der Waals surface area contributed by atoms with Crippen LogP contribution >= 0.6 is 0 Å². The Labute approximate surface area is 210 Å². The lowest BCUT2D eigenvalue weighted by Crippen LogP contribution is -2.37. The largest absolute Gasteiger partial charge is 0.322 e. The third-order valence-corrected chi connectivity index (χ3v) is 9.20. The molecule has 0 saturated carbocycles. The first-order valence-electron chi connectivity index (χ1n) is 11.4. The first-order valence-corrected chi connectivity index (χ1v) is 14.3. The lowest BCUT2D eigenvalue weighted by molar-refractivity contribution is 0.102. The van der Waals surface area contributed by atoms with Crippen LogP contribution in [0.25, 0.3) is 0 Å². The molecule has 3 aromatic rings. The molecule has 10 nitrogen and oxygen atoms in total. The smallest absolute Gasteiger partial charge is 0.264 e. The van der Waals surface area contributed by atoms with Crippen LogP contribution in [0.5, 0.6) is 0 Å². The predicted molar refractivity (Wildman–Crippen MR) is 136 cm³/mol. The number of hydrogen-bond acceptors (Lipinski definition) is 7. The molecule has 1 fully saturated rings. The summed E-state index contributed by atoms with van der Waals surface area (Å²) >= 11 is 0. The van der Waals surface area contributed by atoms with Gasteiger partial charge in [-0.1, -0.05) is 6.92 Å². The van der Waals surface area contributed by atoms with Crippen molar-refractivity contribution in [3.8, 4) is 0 Å². The molecule has 1 amide bonds. The Kier molecular flexibility index (Phi) is 7.38. The minimum absolute atomic E-state index is 0.0210. The van der Waals surface area contributed by atoms with E-state index in [-0.39, 0.29) is 21.3 Å². The van der Waals surface area contributed by atoms with E-state index in [0.29, 0.717) is 30.4 Å². The van der Waals surface area contributed by atoms with Crippen LogP contribution in [0.15, 0.2) is 70.6 Å². The van der Waals surface area contributed by atoms with Gasteiger partial charge >= 0.3 is 0 Å². The number of aromatic nitrogens is 2. The Hall–Kier alpha value is -3.35. The lowest BCUT2D eigenvalue weighted by atomic mass is 10.0. The maximum atomic E-state index is 12.9. The molecule has 0 spiro atoms. The van der Waals surface area contributed by atoms with Gasteiger partial charge in [-0.3, -0.25) is 4.79 Å². The molecule has 0 unspecified atom stereocenters. The van der Waals surface area contributed by atoms with Crippen LogP contribution in [0.4, 0.5) is 11.6 Å². The number of sulfonamides is 2. The Morgan fingerprint density at radius 1 is 0.917 bits per heavy atom. The standard InChI is InChI=1S/C24H27N5O5S2/c1-17-12-15-29(16-13-17)36(33,34)22-7-3-19(4-8-22)23(30)27-20-5-9-21(10-6-20)35(31,32)28-24-25-14-11-18(2)26-24/h3-11,14,17H,12-13,15-16H2,1-2H3,(H,27,30)(H,25,26,28). The van der Waals surface area contributed by atoms with Gasteiger partial charge in [-0.05, 0) is 80.3 Å². The van der Waals surface area contributed by atoms with E-state index in [4.69, 9.17) is 0 Å². The van der Waals surface area contributed by atoms with Gasteiger partial charge in [0.1, 0.15) is 0 Å². The van der Waals surface area contributed by atoms with E-state index in [9.17, 15) is 21.6 Å². The number of nitrogens with zero attached hydrogens (tertiary/aromatic N) is 3. The molecule has 1 aliphatic heterocycles. The van der Waals surface area contributed by atoms with Crippen molar-refractivity contribution in [2.45, 2.75) is 36.5 Å². The van der Waals surface area contributed by atoms with E-state index < -0.39 is 26.0 Å². The van der Waals surface area contributed by atoms with E-state index >= 15 is 0 Å². The van der Waals surface area contributed by atoms with Crippen molar-refractivity contribution in [1.82, 2.24) is 14.3 Å². The molecule has 0 atom stereocenters. The van der Waals surface area contributed by atoms with Gasteiger partial charge in [0.15, 0.2) is 0 Å². The quantitative estimate of drug-likeness (QED) is 0.479. The van der Waals surface area contributed by atoms with Crippen molar-refractivity contribution in [2.75, 3.05) is 23.1 Å². The van der Waals surface area contributed by atoms with Gasteiger partial charge in [-0.15, -0.1) is 0 Å². The van der Waals surface area contributed by atoms with Crippen molar-refractivity contribution in [3.05, 3.63) is 72.1 Å². The normalized spacial score (nSPS) is 15.4. The fraction of sp³-hybridized carbons (Fsp3) is 0.292. The van der Waals surface area contributed by atoms with Gasteiger partial charge in [-0.25, -0.2) is 31.5 Å². The Morgan fingerprint density at radius 2 is 1.53 bits per heavy atom. The zero-order valence-electron chi connectivity index (χ0n) is 19.9. The SMILES string of the molecule is Cc1ccnc(NS(=O)(=O)c2ccc(NC(=O)c3ccc(S(=O)(=O)N4CCC(C)CC4)cc3)cc2)n1. The van der Waals surface area contributed by atoms with Gasteiger partial charge in [0.2, 0.25) is 16.0 Å². The number of nitrogens with one attached hydrogen (secondary N) is 2. The molecule has 2 heterocycles. The first-order chi connectivity index (χ1) is 17.0. The highest BCUT2D eigenvalue weighted by atomic mass is 32.2. The van der Waals surface area contributed by atoms with E-state index in [1.54, 1.807) is 13.0 Å². The average molecular weight is 530 g/mol. The summed E-state index contributed by atoms with van der Waals surface area (Å²) in [5.41, 5.74) is 1.27. The number of piperidine rings is 1. The van der Waals surface area contributed by atoms with E-state index in [1.807, 2.05) is 0 Å². The zero-order valence-corrected chi connectivity index (χ0v) is 21.5. The summed E-state index contributed by atoms with van der Waals surface area (Å²) in [4.78, 5) is 20.7. The topological polar surface area (TPSA) is 138 Å². The summed E-state index contributed by atoms with van der Waals surface area (Å²) in [5.74, 6) is 0.0235. The average Bonchev–Trinajstić information content (AvgIpc) is 2.84. The van der Waals surface area contributed by atoms with Gasteiger partial charge in [-0.2, -0.15) is 4.31 Å². The minimum atomic E-state index is -3.91. The minimum Gasteiger partial charge on any atom is -0.322 e. The van der Waals surface area contributed by atoms with Crippen LogP contribution in [0.1, 0.15) is 35.8 Å². The lowest BCUT2D eigenvalue weighted by Gasteiger charge is -2.29. The summed E-state index contributed by atoms with van der Waals surface area (Å²) in [5, 5.41) is 2.68. The second-order valence-electron chi connectivity index (χ2n) is 8.72. The van der Waals surface area contributed by atoms with Gasteiger partial charge in [0.25, 0.3) is 15.9 Å². The number of aryl methyl sites for hydroxylation is 1. The number of carbonyl (C=O) groups is 1. The number of rotatable bonds is 7. The van der Waals surface area contributed by atoms with Crippen molar-refractivity contribution in [3.63, 3.8) is 0 Å². The highest BCUT2D eigenvalue weighted by molar-refractivity contribution is 7.92. The van der Waals surface area contributed by atoms with Crippen LogP contribution in [-0.2, 0) is 20.0 Å². The molecular weight excluding hydrogens is 502 g/mol. The number of amides is 1. The Bertz CT molecular complexity index is 1450. The maximum absolute atomic E-state index is 12.9. The fourth-order valence-corrected chi connectivity index (χ4v) is 6.17. The molecule has 4 rings (SSSR count). The van der Waals surface area contributed by atoms with Crippen molar-refractivity contribution in [1.29, 1.82) is 0 Å². The number of hydrogen-bond donors (Lipinski definition) is 2. The second-order valence-corrected chi connectivity index (χ2v) is 12.3. The summed E-state index contributed by atoms with van der Waals surface area (Å²) in [6, 6.07) is 13.0. The number of carbonyl (C=O) groups excluding carboxylic acids is 1. The van der Waals surface area contributed by atoms with E-state index in [1.165, 1.54) is 59.0 Å². The Morgan fingerprint density at radius 3 is 2.14 bits per heavy atom. The monoisotopic (exact) mass is 529 g/mol. The van der Waals surface area contributed by atoms with Crippen LogP contribution in [0.3, 0.4) is 0 Å². The molecule has 2 N–H and O–H groups in total. The molecule has 12 heteroatoms. The van der Waals surface area contributed by atoms with Crippen molar-refractivity contribution < 1.29 is 21.6 Å². The number of anilines is 2. The summed E-state index contributed by atoms with van der Waals surface area (Å²) in [6.07, 6.45) is 3.11. The van der Waals surface area contributed by atoms with Crippen LogP contribution in [0.2, 0.25) is 0 Å². The summed E-state index contributed by atoms with van der Waals surface area (Å²) in [6.45, 7) is 4.82. The van der Waals surface area contributed by atoms with Crippen molar-refractivity contribution >= 4 is 37.6 Å². The molecule has 0 bridgehead atoms. The van der Waals surface area contributed by atoms with E-state index in [0.717, 1.165) is 12.8 Å². The molecule has 1 aliphatic rings. The molecule has 2 aromatic carbocycles. The van der Waals surface area contributed by atoms with E-state index in [2.05, 4.69) is 26.9 Å².